The molecule has 0 aliphatic carbocycles. The van der Waals surface area contributed by atoms with Crippen LogP contribution < -0.4 is 0 Å². The Bertz CT molecular complexity index is 4420. The van der Waals surface area contributed by atoms with Gasteiger partial charge in [0.05, 0.1) is 0 Å². The summed E-state index contributed by atoms with van der Waals surface area (Å²) in [6.07, 6.45) is 0. The summed E-state index contributed by atoms with van der Waals surface area (Å²) in [4.78, 5) is 15.6. The van der Waals surface area contributed by atoms with Crippen molar-refractivity contribution in [1.29, 1.82) is 0 Å². The topological polar surface area (TPSA) is 51.8 Å². The van der Waals surface area contributed by atoms with Crippen molar-refractivity contribution in [3.63, 3.8) is 0 Å². The summed E-state index contributed by atoms with van der Waals surface area (Å²) >= 11 is 0. The summed E-state index contributed by atoms with van der Waals surface area (Å²) in [5.41, 5.74) is 9.43. The van der Waals surface area contributed by atoms with Crippen molar-refractivity contribution in [3.05, 3.63) is 224 Å². The monoisotopic (exact) mass is 875 g/mol. The zero-order valence-electron chi connectivity index (χ0n) is 37.1. The van der Waals surface area contributed by atoms with Crippen molar-refractivity contribution < 1.29 is 4.42 Å². The van der Waals surface area contributed by atoms with Crippen molar-refractivity contribution in [3.8, 4) is 56.4 Å². The van der Waals surface area contributed by atoms with E-state index in [2.05, 4.69) is 188 Å². The van der Waals surface area contributed by atoms with E-state index >= 15 is 0 Å². The molecule has 2 heterocycles. The fraction of sp³-hybridized carbons (Fsp3) is 0. The molecule has 0 N–H and O–H groups in total. The molecule has 0 aliphatic rings. The van der Waals surface area contributed by atoms with Crippen molar-refractivity contribution in [2.45, 2.75) is 0 Å². The molecular weight excluding hydrogens is 839 g/mol. The molecule has 4 nitrogen and oxygen atoms in total. The van der Waals surface area contributed by atoms with E-state index in [9.17, 15) is 0 Å². The predicted octanol–water partition coefficient (Wildman–Crippen LogP) is 17.6. The number of hydrogen-bond donors (Lipinski definition) is 0. The molecule has 0 saturated heterocycles. The van der Waals surface area contributed by atoms with Gasteiger partial charge in [0.1, 0.15) is 11.2 Å². The molecule has 0 aliphatic heterocycles. The Hall–Kier alpha value is -9.25. The van der Waals surface area contributed by atoms with Crippen molar-refractivity contribution in [2.24, 2.45) is 0 Å². The Morgan fingerprint density at radius 2 is 0.652 bits per heavy atom. The second kappa shape index (κ2) is 14.6. The highest BCUT2D eigenvalue weighted by Crippen LogP contribution is 2.51. The minimum atomic E-state index is 0.637. The molecule has 0 atom stereocenters. The zero-order valence-corrected chi connectivity index (χ0v) is 37.1. The maximum absolute atomic E-state index is 6.88. The molecule has 15 aromatic rings. The molecule has 0 bridgehead atoms. The van der Waals surface area contributed by atoms with Crippen LogP contribution in [0.5, 0.6) is 0 Å². The first-order chi connectivity index (χ1) is 34.2. The largest absolute Gasteiger partial charge is 0.455 e. The van der Waals surface area contributed by atoms with Crippen LogP contribution in [0.3, 0.4) is 0 Å². The number of hydrogen-bond acceptors (Lipinski definition) is 4. The van der Waals surface area contributed by atoms with Crippen LogP contribution in [0.1, 0.15) is 0 Å². The van der Waals surface area contributed by atoms with Gasteiger partial charge in [0, 0.05) is 38.2 Å². The smallest absolute Gasteiger partial charge is 0.165 e. The first-order valence-electron chi connectivity index (χ1n) is 23.5. The van der Waals surface area contributed by atoms with E-state index in [1.165, 1.54) is 65.2 Å². The Morgan fingerprint density at radius 3 is 1.16 bits per heavy atom. The number of benzene rings is 13. The molecule has 318 valence electrons. The van der Waals surface area contributed by atoms with E-state index in [1.807, 2.05) is 36.4 Å². The Morgan fingerprint density at radius 1 is 0.246 bits per heavy atom. The molecular formula is C65H37N3O. The zero-order chi connectivity index (χ0) is 45.2. The number of fused-ring (bicyclic) bond motifs is 9. The number of nitrogens with zero attached hydrogens (tertiary/aromatic N) is 3. The van der Waals surface area contributed by atoms with E-state index in [4.69, 9.17) is 19.4 Å². The van der Waals surface area contributed by atoms with Gasteiger partial charge in [0.2, 0.25) is 0 Å². The van der Waals surface area contributed by atoms with E-state index in [0.29, 0.717) is 17.5 Å². The van der Waals surface area contributed by atoms with Crippen LogP contribution in [0, 0.1) is 0 Å². The molecule has 4 heteroatoms. The van der Waals surface area contributed by atoms with E-state index in [1.54, 1.807) is 0 Å². The van der Waals surface area contributed by atoms with Gasteiger partial charge in [-0.25, -0.2) is 15.0 Å². The minimum Gasteiger partial charge on any atom is -0.455 e. The van der Waals surface area contributed by atoms with Crippen molar-refractivity contribution in [1.82, 2.24) is 15.0 Å². The molecule has 0 radical (unpaired) electrons. The van der Waals surface area contributed by atoms with Crippen LogP contribution in [0.2, 0.25) is 0 Å². The van der Waals surface area contributed by atoms with Gasteiger partial charge in [0.25, 0.3) is 0 Å². The number of rotatable bonds is 5. The van der Waals surface area contributed by atoms with Crippen LogP contribution >= 0.6 is 0 Å². The highest BCUT2D eigenvalue weighted by molar-refractivity contribution is 6.37. The van der Waals surface area contributed by atoms with Crippen LogP contribution in [0.4, 0.5) is 0 Å². The first kappa shape index (κ1) is 37.9. The van der Waals surface area contributed by atoms with Gasteiger partial charge in [-0.3, -0.25) is 0 Å². The average molecular weight is 876 g/mol. The normalized spacial score (nSPS) is 12.1. The fourth-order valence-corrected chi connectivity index (χ4v) is 11.5. The highest BCUT2D eigenvalue weighted by Gasteiger charge is 2.25. The van der Waals surface area contributed by atoms with Gasteiger partial charge in [-0.15, -0.1) is 0 Å². The maximum atomic E-state index is 6.88. The van der Waals surface area contributed by atoms with Crippen LogP contribution in [0.15, 0.2) is 229 Å². The fourth-order valence-electron chi connectivity index (χ4n) is 11.5. The summed E-state index contributed by atoms with van der Waals surface area (Å²) in [5, 5.41) is 18.9. The third kappa shape index (κ3) is 5.54. The van der Waals surface area contributed by atoms with Crippen molar-refractivity contribution >= 4 is 97.3 Å². The first-order valence-corrected chi connectivity index (χ1v) is 23.5. The number of aromatic nitrogens is 3. The minimum absolute atomic E-state index is 0.637. The van der Waals surface area contributed by atoms with E-state index < -0.39 is 0 Å². The van der Waals surface area contributed by atoms with Crippen LogP contribution in [0.25, 0.3) is 154 Å². The maximum Gasteiger partial charge on any atom is 0.165 e. The predicted molar refractivity (Wildman–Crippen MR) is 288 cm³/mol. The lowest BCUT2D eigenvalue weighted by Gasteiger charge is -2.22. The summed E-state index contributed by atoms with van der Waals surface area (Å²) in [6, 6.07) is 80.4. The molecule has 0 spiro atoms. The molecule has 0 fully saturated rings. The van der Waals surface area contributed by atoms with Crippen LogP contribution in [-0.2, 0) is 0 Å². The second-order valence-electron chi connectivity index (χ2n) is 18.1. The van der Waals surface area contributed by atoms with Gasteiger partial charge in [0.15, 0.2) is 17.5 Å². The summed E-state index contributed by atoms with van der Waals surface area (Å²) in [7, 11) is 0. The standard InChI is InChI=1S/C65H37N3O/c1-3-17-40(18-4-1)63-66-64(41-19-5-2-6-20-41)68-65(67-63)61-49-29-13-11-27-47(49)59(48-28-12-14-30-50(48)61)58-45-25-9-7-23-43(45)55(44-24-8-10-26-46(44)58)42-35-36-54-53(37-42)60-51-31-15-21-38-33-34-39-22-16-32-52(62(60)69-54)57(39)56(38)51/h1-37H. The molecule has 0 unspecified atom stereocenters. The summed E-state index contributed by atoms with van der Waals surface area (Å²) in [6.45, 7) is 0. The van der Waals surface area contributed by atoms with Crippen LogP contribution in [-0.4, -0.2) is 15.0 Å². The lowest BCUT2D eigenvalue weighted by Crippen LogP contribution is -2.01. The van der Waals surface area contributed by atoms with Gasteiger partial charge in [-0.05, 0) is 99.0 Å². The highest BCUT2D eigenvalue weighted by atomic mass is 16.3. The lowest BCUT2D eigenvalue weighted by molar-refractivity contribution is 0.673. The van der Waals surface area contributed by atoms with E-state index in [0.717, 1.165) is 71.1 Å². The van der Waals surface area contributed by atoms with Gasteiger partial charge >= 0.3 is 0 Å². The third-order valence-electron chi connectivity index (χ3n) is 14.4. The average Bonchev–Trinajstić information content (AvgIpc) is 3.81. The second-order valence-corrected chi connectivity index (χ2v) is 18.1. The summed E-state index contributed by atoms with van der Waals surface area (Å²) in [5.74, 6) is 1.91. The molecule has 69 heavy (non-hydrogen) atoms. The lowest BCUT2D eigenvalue weighted by atomic mass is 9.81. The number of furan rings is 1. The third-order valence-corrected chi connectivity index (χ3v) is 14.4. The van der Waals surface area contributed by atoms with Crippen molar-refractivity contribution in [2.75, 3.05) is 0 Å². The quantitative estimate of drug-likeness (QED) is 0.128. The Labute approximate surface area is 395 Å². The van der Waals surface area contributed by atoms with Gasteiger partial charge in [-0.2, -0.15) is 0 Å². The van der Waals surface area contributed by atoms with Gasteiger partial charge in [-0.1, -0.05) is 212 Å². The Kier molecular flexibility index (Phi) is 8.04. The van der Waals surface area contributed by atoms with E-state index in [-0.39, 0.29) is 0 Å². The molecule has 15 rings (SSSR count). The Balaban J connectivity index is 1.01. The summed E-state index contributed by atoms with van der Waals surface area (Å²) < 4.78 is 6.88. The molecule has 0 amide bonds. The van der Waals surface area contributed by atoms with Gasteiger partial charge < -0.3 is 4.42 Å². The SMILES string of the molecule is c1ccc(-c2nc(-c3ccccc3)nc(-c3c4ccccc4c(-c4c5ccccc5c(-c5ccc6oc7c8cccc9ccc%10cccc(c7c6c5)c%10c98)c5ccccc45)c4ccccc34)n2)cc1. The molecule has 2 aromatic heterocycles. The molecule has 0 saturated carbocycles. The molecule has 13 aromatic carbocycles.